The van der Waals surface area contributed by atoms with E-state index in [0.29, 0.717) is 26.8 Å². The number of rotatable bonds is 5. The molecule has 136 valence electrons. The van der Waals surface area contributed by atoms with Crippen molar-refractivity contribution in [2.24, 2.45) is 0 Å². The first-order valence-corrected chi connectivity index (χ1v) is 9.19. The highest BCUT2D eigenvalue weighted by Crippen LogP contribution is 2.45. The van der Waals surface area contributed by atoms with Gasteiger partial charge in [-0.15, -0.1) is 0 Å². The molecule has 1 aromatic carbocycles. The van der Waals surface area contributed by atoms with Gasteiger partial charge in [0.05, 0.1) is 29.3 Å². The van der Waals surface area contributed by atoms with Crippen LogP contribution in [0.15, 0.2) is 26.3 Å². The number of urea groups is 1. The van der Waals surface area contributed by atoms with Gasteiger partial charge in [-0.05, 0) is 64.3 Å². The summed E-state index contributed by atoms with van der Waals surface area (Å²) in [5, 5.41) is 15.5. The Balaban J connectivity index is 2.62. The lowest BCUT2D eigenvalue weighted by Crippen LogP contribution is -2.45. The minimum atomic E-state index is -0.765. The maximum Gasteiger partial charge on any atom is 0.338 e. The van der Waals surface area contributed by atoms with Crippen molar-refractivity contribution in [1.29, 1.82) is 0 Å². The molecular weight excluding hydrogens is 460 g/mol. The van der Waals surface area contributed by atoms with E-state index in [2.05, 4.69) is 42.5 Å². The Hall–Kier alpha value is -1.74. The van der Waals surface area contributed by atoms with Crippen LogP contribution in [0.4, 0.5) is 4.79 Å². The topological polar surface area (TPSA) is 96.9 Å². The van der Waals surface area contributed by atoms with Gasteiger partial charge < -0.3 is 25.2 Å². The lowest BCUT2D eigenvalue weighted by Gasteiger charge is -2.29. The molecule has 0 saturated heterocycles. The Morgan fingerprint density at radius 2 is 1.96 bits per heavy atom. The number of amides is 2. The van der Waals surface area contributed by atoms with Crippen LogP contribution >= 0.6 is 31.9 Å². The van der Waals surface area contributed by atoms with Crippen molar-refractivity contribution < 1.29 is 24.2 Å². The Bertz CT molecular complexity index is 749. The third kappa shape index (κ3) is 3.92. The van der Waals surface area contributed by atoms with E-state index in [1.807, 2.05) is 0 Å². The molecule has 3 N–H and O–H groups in total. The molecule has 1 heterocycles. The van der Waals surface area contributed by atoms with Gasteiger partial charge in [0.1, 0.15) is 0 Å². The van der Waals surface area contributed by atoms with Crippen LogP contribution in [0.25, 0.3) is 0 Å². The fourth-order valence-corrected chi connectivity index (χ4v) is 3.45. The number of esters is 1. The summed E-state index contributed by atoms with van der Waals surface area (Å²) >= 11 is 6.70. The molecule has 0 spiro atoms. The second-order valence-corrected chi connectivity index (χ2v) is 6.75. The molecule has 1 aliphatic rings. The van der Waals surface area contributed by atoms with Gasteiger partial charge in [0.2, 0.25) is 0 Å². The largest absolute Gasteiger partial charge is 0.503 e. The summed E-state index contributed by atoms with van der Waals surface area (Å²) < 4.78 is 11.4. The quantitative estimate of drug-likeness (QED) is 0.564. The number of carbonyl (C=O) groups excluding carboxylic acids is 2. The van der Waals surface area contributed by atoms with Crippen LogP contribution in [-0.4, -0.2) is 30.3 Å². The van der Waals surface area contributed by atoms with Gasteiger partial charge in [0, 0.05) is 10.2 Å². The molecule has 2 rings (SSSR count). The van der Waals surface area contributed by atoms with Gasteiger partial charge in [-0.25, -0.2) is 9.59 Å². The maximum atomic E-state index is 12.4. The summed E-state index contributed by atoms with van der Waals surface area (Å²) in [7, 11) is 0. The molecule has 1 atom stereocenters. The monoisotopic (exact) mass is 476 g/mol. The van der Waals surface area contributed by atoms with Crippen LogP contribution in [0.1, 0.15) is 32.4 Å². The average molecular weight is 478 g/mol. The van der Waals surface area contributed by atoms with Gasteiger partial charge in [0.15, 0.2) is 11.5 Å². The van der Waals surface area contributed by atoms with Crippen molar-refractivity contribution in [3.63, 3.8) is 0 Å². The zero-order valence-corrected chi connectivity index (χ0v) is 17.1. The van der Waals surface area contributed by atoms with Crippen molar-refractivity contribution in [3.05, 3.63) is 31.8 Å². The molecule has 0 saturated carbocycles. The highest BCUT2D eigenvalue weighted by Gasteiger charge is 2.34. The number of phenols is 1. The molecule has 0 radical (unpaired) electrons. The summed E-state index contributed by atoms with van der Waals surface area (Å²) in [6.07, 6.45) is 0. The third-order valence-corrected chi connectivity index (χ3v) is 5.71. The van der Waals surface area contributed by atoms with Gasteiger partial charge in [-0.3, -0.25) is 0 Å². The normalized spacial score (nSPS) is 17.0. The van der Waals surface area contributed by atoms with E-state index in [1.54, 1.807) is 26.8 Å². The zero-order chi connectivity index (χ0) is 18.7. The Morgan fingerprint density at radius 1 is 1.28 bits per heavy atom. The van der Waals surface area contributed by atoms with E-state index in [1.165, 1.54) is 0 Å². The summed E-state index contributed by atoms with van der Waals surface area (Å²) in [5.74, 6) is -0.371. The Morgan fingerprint density at radius 3 is 2.56 bits per heavy atom. The van der Waals surface area contributed by atoms with E-state index in [4.69, 9.17) is 9.47 Å². The lowest BCUT2D eigenvalue weighted by molar-refractivity contribution is -0.139. The Kier molecular flexibility index (Phi) is 6.34. The van der Waals surface area contributed by atoms with Crippen molar-refractivity contribution >= 4 is 43.9 Å². The summed E-state index contributed by atoms with van der Waals surface area (Å²) in [4.78, 5) is 24.3. The van der Waals surface area contributed by atoms with E-state index < -0.39 is 18.0 Å². The minimum Gasteiger partial charge on any atom is -0.503 e. The highest BCUT2D eigenvalue weighted by atomic mass is 79.9. The van der Waals surface area contributed by atoms with Crippen LogP contribution in [-0.2, 0) is 9.53 Å². The maximum absolute atomic E-state index is 12.4. The van der Waals surface area contributed by atoms with Gasteiger partial charge >= 0.3 is 12.0 Å². The second-order valence-electron chi connectivity index (χ2n) is 5.16. The smallest absolute Gasteiger partial charge is 0.338 e. The average Bonchev–Trinajstić information content (AvgIpc) is 2.55. The number of allylic oxidation sites excluding steroid dienone is 1. The molecule has 7 nitrogen and oxygen atoms in total. The molecule has 0 unspecified atom stereocenters. The van der Waals surface area contributed by atoms with Crippen molar-refractivity contribution in [2.45, 2.75) is 26.8 Å². The molecule has 1 aromatic rings. The van der Waals surface area contributed by atoms with E-state index in [0.717, 1.165) is 0 Å². The molecule has 1 aliphatic heterocycles. The third-order valence-electron chi connectivity index (χ3n) is 3.55. The predicted molar refractivity (Wildman–Crippen MR) is 98.4 cm³/mol. The van der Waals surface area contributed by atoms with Gasteiger partial charge in [-0.1, -0.05) is 0 Å². The number of halogens is 2. The molecule has 0 bridgehead atoms. The zero-order valence-electron chi connectivity index (χ0n) is 13.9. The molecular formula is C16H18Br2N2O5. The van der Waals surface area contributed by atoms with Crippen molar-refractivity contribution in [1.82, 2.24) is 10.6 Å². The minimum absolute atomic E-state index is 0.0730. The van der Waals surface area contributed by atoms with Crippen LogP contribution in [0, 0.1) is 0 Å². The Labute approximate surface area is 162 Å². The summed E-state index contributed by atoms with van der Waals surface area (Å²) in [5.41, 5.74) is 1.23. The predicted octanol–water partition coefficient (Wildman–Crippen LogP) is 3.51. The summed E-state index contributed by atoms with van der Waals surface area (Å²) in [6.45, 7) is 5.68. The number of phenolic OH excluding ortho intramolecular Hbond substituents is 1. The molecule has 25 heavy (non-hydrogen) atoms. The van der Waals surface area contributed by atoms with Crippen molar-refractivity contribution in [2.75, 3.05) is 13.2 Å². The number of ether oxygens (including phenoxy) is 2. The first-order chi connectivity index (χ1) is 11.8. The molecule has 0 fully saturated rings. The first kappa shape index (κ1) is 19.6. The van der Waals surface area contributed by atoms with E-state index in [-0.39, 0.29) is 23.7 Å². The van der Waals surface area contributed by atoms with E-state index in [9.17, 15) is 14.7 Å². The SMILES string of the molecule is CCOC(=O)C1=C(C)NC(=O)N[C@@H]1c1cc(OCC)c(O)c(Br)c1Br. The number of aromatic hydroxyl groups is 1. The summed E-state index contributed by atoms with van der Waals surface area (Å²) in [6, 6.07) is 0.374. The van der Waals surface area contributed by atoms with Gasteiger partial charge in [0.25, 0.3) is 0 Å². The van der Waals surface area contributed by atoms with E-state index >= 15 is 0 Å². The molecule has 0 aromatic heterocycles. The number of carbonyl (C=O) groups is 2. The molecule has 2 amide bonds. The van der Waals surface area contributed by atoms with Gasteiger partial charge in [-0.2, -0.15) is 0 Å². The second kappa shape index (κ2) is 8.09. The van der Waals surface area contributed by atoms with Crippen LogP contribution < -0.4 is 15.4 Å². The first-order valence-electron chi connectivity index (χ1n) is 7.60. The fraction of sp³-hybridized carbons (Fsp3) is 0.375. The standard InChI is InChI=1S/C16H18Br2N2O5/c1-4-24-9-6-8(11(17)12(18)14(9)21)13-10(15(22)25-5-2)7(3)19-16(23)20-13/h6,13,21H,4-5H2,1-3H3,(H2,19,20,23)/t13-/m1/s1. The number of hydrogen-bond acceptors (Lipinski definition) is 5. The van der Waals surface area contributed by atoms with Crippen LogP contribution in [0.3, 0.4) is 0 Å². The molecule has 0 aliphatic carbocycles. The molecule has 9 heteroatoms. The number of benzene rings is 1. The van der Waals surface area contributed by atoms with Crippen molar-refractivity contribution in [3.8, 4) is 11.5 Å². The fourth-order valence-electron chi connectivity index (χ4n) is 2.49. The van der Waals surface area contributed by atoms with Crippen LogP contribution in [0.2, 0.25) is 0 Å². The number of nitrogens with one attached hydrogen (secondary N) is 2. The lowest BCUT2D eigenvalue weighted by atomic mass is 9.95. The van der Waals surface area contributed by atoms with Crippen LogP contribution in [0.5, 0.6) is 11.5 Å². The highest BCUT2D eigenvalue weighted by molar-refractivity contribution is 9.13. The number of hydrogen-bond donors (Lipinski definition) is 3.